The lowest BCUT2D eigenvalue weighted by atomic mass is 10.1. The van der Waals surface area contributed by atoms with Gasteiger partial charge in [0.1, 0.15) is 11.6 Å². The van der Waals surface area contributed by atoms with E-state index in [9.17, 15) is 9.90 Å². The Hall–Kier alpha value is -2.14. The van der Waals surface area contributed by atoms with E-state index < -0.39 is 0 Å². The second-order valence-electron chi connectivity index (χ2n) is 6.28. The summed E-state index contributed by atoms with van der Waals surface area (Å²) in [6, 6.07) is 7.24. The molecule has 5 nitrogen and oxygen atoms in total. The van der Waals surface area contributed by atoms with Crippen molar-refractivity contribution in [3.05, 3.63) is 57.3 Å². The zero-order valence-corrected chi connectivity index (χ0v) is 12.4. The Morgan fingerprint density at radius 1 is 1.27 bits per heavy atom. The minimum Gasteiger partial charge on any atom is -0.508 e. The Kier molecular flexibility index (Phi) is 3.22. The first-order valence-corrected chi connectivity index (χ1v) is 7.81. The van der Waals surface area contributed by atoms with Gasteiger partial charge in [-0.05, 0) is 30.5 Å². The molecule has 1 aliphatic carbocycles. The molecule has 5 heteroatoms. The molecular formula is C17H19N3O2. The number of rotatable bonds is 3. The molecule has 0 spiro atoms. The Morgan fingerprint density at radius 3 is 2.77 bits per heavy atom. The quantitative estimate of drug-likeness (QED) is 0.908. The average molecular weight is 297 g/mol. The Balaban J connectivity index is 1.53. The van der Waals surface area contributed by atoms with Crippen molar-refractivity contribution in [3.8, 4) is 5.75 Å². The molecule has 0 bridgehead atoms. The van der Waals surface area contributed by atoms with Crippen LogP contribution in [0.1, 0.15) is 41.4 Å². The monoisotopic (exact) mass is 297 g/mol. The standard InChI is InChI=1S/C17H19N3O2/c21-13-5-1-11(2-6-13)9-20-8-7-15-14(10-20)17(22)19-16(18-15)12-3-4-12/h1-2,5-6,12,21H,3-4,7-10H2,(H,18,19,22). The molecule has 2 N–H and O–H groups in total. The van der Waals surface area contributed by atoms with Crippen LogP contribution in [0.25, 0.3) is 0 Å². The van der Waals surface area contributed by atoms with E-state index in [1.54, 1.807) is 12.1 Å². The van der Waals surface area contributed by atoms with Crippen LogP contribution in [-0.2, 0) is 19.5 Å². The average Bonchev–Trinajstić information content (AvgIpc) is 3.35. The zero-order chi connectivity index (χ0) is 15.1. The smallest absolute Gasteiger partial charge is 0.255 e. The summed E-state index contributed by atoms with van der Waals surface area (Å²) in [5.74, 6) is 1.64. The first-order valence-electron chi connectivity index (χ1n) is 7.81. The van der Waals surface area contributed by atoms with Crippen LogP contribution in [0, 0.1) is 0 Å². The summed E-state index contributed by atoms with van der Waals surface area (Å²) in [7, 11) is 0. The molecule has 1 fully saturated rings. The van der Waals surface area contributed by atoms with Crippen molar-refractivity contribution in [1.29, 1.82) is 0 Å². The molecule has 1 aliphatic heterocycles. The van der Waals surface area contributed by atoms with E-state index in [2.05, 4.69) is 14.9 Å². The van der Waals surface area contributed by atoms with Gasteiger partial charge in [0.25, 0.3) is 5.56 Å². The van der Waals surface area contributed by atoms with Crippen LogP contribution in [0.3, 0.4) is 0 Å². The third kappa shape index (κ3) is 2.64. The number of fused-ring (bicyclic) bond motifs is 1. The highest BCUT2D eigenvalue weighted by Gasteiger charge is 2.29. The minimum atomic E-state index is 0.0299. The van der Waals surface area contributed by atoms with Crippen LogP contribution >= 0.6 is 0 Å². The van der Waals surface area contributed by atoms with Gasteiger partial charge in [0.15, 0.2) is 0 Å². The number of aromatic hydroxyl groups is 1. The van der Waals surface area contributed by atoms with Crippen LogP contribution in [0.15, 0.2) is 29.1 Å². The molecule has 0 unspecified atom stereocenters. The Morgan fingerprint density at radius 2 is 2.05 bits per heavy atom. The van der Waals surface area contributed by atoms with Gasteiger partial charge in [-0.2, -0.15) is 0 Å². The number of H-pyrrole nitrogens is 1. The van der Waals surface area contributed by atoms with E-state index in [0.717, 1.165) is 55.0 Å². The summed E-state index contributed by atoms with van der Waals surface area (Å²) in [6.07, 6.45) is 3.13. The van der Waals surface area contributed by atoms with Gasteiger partial charge in [-0.3, -0.25) is 9.69 Å². The van der Waals surface area contributed by atoms with Crippen molar-refractivity contribution in [2.75, 3.05) is 6.54 Å². The summed E-state index contributed by atoms with van der Waals surface area (Å²) in [5.41, 5.74) is 2.96. The third-order valence-electron chi connectivity index (χ3n) is 4.47. The number of aromatic nitrogens is 2. The predicted molar refractivity (Wildman–Crippen MR) is 82.8 cm³/mol. The highest BCUT2D eigenvalue weighted by molar-refractivity contribution is 5.27. The normalized spacial score (nSPS) is 18.2. The fraction of sp³-hybridized carbons (Fsp3) is 0.412. The predicted octanol–water partition coefficient (Wildman–Crippen LogP) is 1.91. The van der Waals surface area contributed by atoms with Gasteiger partial charge in [0.2, 0.25) is 0 Å². The molecule has 0 atom stereocenters. The number of phenolic OH excluding ortho intramolecular Hbond substituents is 1. The van der Waals surface area contributed by atoms with Crippen molar-refractivity contribution < 1.29 is 5.11 Å². The molecule has 2 aromatic rings. The van der Waals surface area contributed by atoms with Crippen LogP contribution in [0.2, 0.25) is 0 Å². The number of phenols is 1. The summed E-state index contributed by atoms with van der Waals surface area (Å²) < 4.78 is 0. The number of aromatic amines is 1. The number of hydrogen-bond acceptors (Lipinski definition) is 4. The van der Waals surface area contributed by atoms with Crippen LogP contribution < -0.4 is 5.56 Å². The van der Waals surface area contributed by atoms with Gasteiger partial charge in [-0.1, -0.05) is 12.1 Å². The molecule has 2 heterocycles. The van der Waals surface area contributed by atoms with Crippen molar-refractivity contribution in [2.45, 2.75) is 38.3 Å². The minimum absolute atomic E-state index is 0.0299. The van der Waals surface area contributed by atoms with E-state index in [1.807, 2.05) is 12.1 Å². The molecule has 0 saturated heterocycles. The van der Waals surface area contributed by atoms with Gasteiger partial charge in [0.05, 0.1) is 11.3 Å². The molecule has 1 aromatic carbocycles. The first kappa shape index (κ1) is 13.5. The van der Waals surface area contributed by atoms with Crippen molar-refractivity contribution >= 4 is 0 Å². The molecule has 0 radical (unpaired) electrons. The van der Waals surface area contributed by atoms with E-state index in [1.165, 1.54) is 0 Å². The fourth-order valence-electron chi connectivity index (χ4n) is 3.04. The van der Waals surface area contributed by atoms with Gasteiger partial charge in [0, 0.05) is 32.0 Å². The number of nitrogens with zero attached hydrogens (tertiary/aromatic N) is 2. The molecule has 22 heavy (non-hydrogen) atoms. The molecule has 114 valence electrons. The molecule has 2 aliphatic rings. The molecule has 0 amide bonds. The van der Waals surface area contributed by atoms with Gasteiger partial charge in [-0.25, -0.2) is 4.98 Å². The maximum absolute atomic E-state index is 12.3. The number of nitrogens with one attached hydrogen (secondary N) is 1. The summed E-state index contributed by atoms with van der Waals surface area (Å²) in [6.45, 7) is 2.33. The van der Waals surface area contributed by atoms with Crippen LogP contribution in [0.5, 0.6) is 5.75 Å². The van der Waals surface area contributed by atoms with Gasteiger partial charge in [-0.15, -0.1) is 0 Å². The molecular weight excluding hydrogens is 278 g/mol. The van der Waals surface area contributed by atoms with Crippen molar-refractivity contribution in [3.63, 3.8) is 0 Å². The second-order valence-corrected chi connectivity index (χ2v) is 6.28. The van der Waals surface area contributed by atoms with Crippen molar-refractivity contribution in [1.82, 2.24) is 14.9 Å². The highest BCUT2D eigenvalue weighted by Crippen LogP contribution is 2.37. The van der Waals surface area contributed by atoms with E-state index in [-0.39, 0.29) is 11.3 Å². The lowest BCUT2D eigenvalue weighted by Crippen LogP contribution is -2.35. The fourth-order valence-corrected chi connectivity index (χ4v) is 3.04. The second kappa shape index (κ2) is 5.25. The third-order valence-corrected chi connectivity index (χ3v) is 4.47. The zero-order valence-electron chi connectivity index (χ0n) is 12.4. The van der Waals surface area contributed by atoms with Crippen LogP contribution in [0.4, 0.5) is 0 Å². The van der Waals surface area contributed by atoms with E-state index in [0.29, 0.717) is 12.5 Å². The Bertz CT molecular complexity index is 747. The summed E-state index contributed by atoms with van der Waals surface area (Å²) >= 11 is 0. The first-order chi connectivity index (χ1) is 10.7. The molecule has 1 saturated carbocycles. The number of hydrogen-bond donors (Lipinski definition) is 2. The van der Waals surface area contributed by atoms with Crippen LogP contribution in [-0.4, -0.2) is 26.5 Å². The molecule has 1 aromatic heterocycles. The highest BCUT2D eigenvalue weighted by atomic mass is 16.3. The topological polar surface area (TPSA) is 69.2 Å². The lowest BCUT2D eigenvalue weighted by Gasteiger charge is -2.27. The van der Waals surface area contributed by atoms with E-state index in [4.69, 9.17) is 0 Å². The molecule has 4 rings (SSSR count). The lowest BCUT2D eigenvalue weighted by molar-refractivity contribution is 0.241. The summed E-state index contributed by atoms with van der Waals surface area (Å²) in [4.78, 5) is 22.2. The summed E-state index contributed by atoms with van der Waals surface area (Å²) in [5, 5.41) is 9.34. The maximum atomic E-state index is 12.3. The van der Waals surface area contributed by atoms with Crippen molar-refractivity contribution in [2.24, 2.45) is 0 Å². The van der Waals surface area contributed by atoms with E-state index >= 15 is 0 Å². The maximum Gasteiger partial charge on any atom is 0.255 e. The SMILES string of the molecule is O=c1[nH]c(C2CC2)nc2c1CN(Cc1ccc(O)cc1)CC2. The largest absolute Gasteiger partial charge is 0.508 e. The number of benzene rings is 1. The Labute approximate surface area is 128 Å². The van der Waals surface area contributed by atoms with Gasteiger partial charge >= 0.3 is 0 Å². The van der Waals surface area contributed by atoms with Gasteiger partial charge < -0.3 is 10.1 Å².